The van der Waals surface area contributed by atoms with Gasteiger partial charge in [0.2, 0.25) is 0 Å². The number of nitrogens with zero attached hydrogens (tertiary/aromatic N) is 2. The molecule has 0 spiro atoms. The molecule has 1 aliphatic rings. The van der Waals surface area contributed by atoms with Gasteiger partial charge in [0.15, 0.2) is 0 Å². The number of aromatic amines is 1. The number of hydrogen-bond acceptors (Lipinski definition) is 4. The number of anilines is 1. The summed E-state index contributed by atoms with van der Waals surface area (Å²) in [6.45, 7) is 1.39. The minimum Gasteiger partial charge on any atom is -0.345 e. The van der Waals surface area contributed by atoms with Gasteiger partial charge in [0.1, 0.15) is 17.0 Å². The number of hydrogen-bond donors (Lipinski definition) is 3. The molecule has 2 aromatic carbocycles. The van der Waals surface area contributed by atoms with E-state index in [0.29, 0.717) is 41.9 Å². The Morgan fingerprint density at radius 2 is 2.03 bits per heavy atom. The lowest BCUT2D eigenvalue weighted by molar-refractivity contribution is -0.383. The summed E-state index contributed by atoms with van der Waals surface area (Å²) in [6.07, 6.45) is 1.63. The van der Waals surface area contributed by atoms with Crippen LogP contribution in [0.1, 0.15) is 23.3 Å². The molecule has 4 rings (SSSR count). The van der Waals surface area contributed by atoms with Crippen molar-refractivity contribution >= 4 is 34.2 Å². The number of urea groups is 1. The summed E-state index contributed by atoms with van der Waals surface area (Å²) in [4.78, 5) is 40.4. The van der Waals surface area contributed by atoms with Crippen LogP contribution in [0.5, 0.6) is 0 Å². The van der Waals surface area contributed by atoms with E-state index in [-0.39, 0.29) is 17.5 Å². The van der Waals surface area contributed by atoms with Gasteiger partial charge in [0, 0.05) is 36.8 Å². The van der Waals surface area contributed by atoms with Crippen LogP contribution < -0.4 is 10.6 Å². The average molecular weight is 439 g/mol. The molecule has 2 heterocycles. The van der Waals surface area contributed by atoms with Crippen LogP contribution in [0, 0.1) is 21.8 Å². The standard InChI is InChI=1S/C22H22FN5O4/c23-16-6-2-7-17(11-16)25-22(30)24-12-14-4-3-9-27(13-14)21(29)18-10-15-5-1-8-19(28(31)32)20(15)26-18/h1-2,5-8,10-11,14,26H,3-4,9,12-13H2,(H2,24,25,30). The molecule has 0 aliphatic carbocycles. The Morgan fingerprint density at radius 3 is 2.81 bits per heavy atom. The summed E-state index contributed by atoms with van der Waals surface area (Å²) in [6, 6.07) is 11.5. The maximum atomic E-state index is 13.2. The Morgan fingerprint density at radius 1 is 1.22 bits per heavy atom. The topological polar surface area (TPSA) is 120 Å². The molecule has 3 N–H and O–H groups in total. The summed E-state index contributed by atoms with van der Waals surface area (Å²) in [5, 5.41) is 17.2. The van der Waals surface area contributed by atoms with Gasteiger partial charge in [-0.25, -0.2) is 9.18 Å². The summed E-state index contributed by atoms with van der Waals surface area (Å²) in [5.74, 6) is -0.611. The first-order valence-corrected chi connectivity index (χ1v) is 10.3. The number of likely N-dealkylation sites (tertiary alicyclic amines) is 1. The van der Waals surface area contributed by atoms with Gasteiger partial charge >= 0.3 is 6.03 Å². The Hall–Kier alpha value is -3.95. The third-order valence-corrected chi connectivity index (χ3v) is 5.50. The molecule has 1 fully saturated rings. The molecule has 1 atom stereocenters. The van der Waals surface area contributed by atoms with E-state index in [1.165, 1.54) is 24.3 Å². The minimum atomic E-state index is -0.482. The number of non-ortho nitro benzene ring substituents is 1. The van der Waals surface area contributed by atoms with Crippen LogP contribution in [0.2, 0.25) is 0 Å². The molecule has 3 amide bonds. The third-order valence-electron chi connectivity index (χ3n) is 5.50. The Kier molecular flexibility index (Phi) is 6.02. The van der Waals surface area contributed by atoms with E-state index in [1.807, 2.05) is 0 Å². The molecule has 9 nitrogen and oxygen atoms in total. The van der Waals surface area contributed by atoms with Crippen LogP contribution >= 0.6 is 0 Å². The second-order valence-corrected chi connectivity index (χ2v) is 7.79. The number of aromatic nitrogens is 1. The van der Waals surface area contributed by atoms with Crippen LogP contribution in [-0.2, 0) is 0 Å². The molecule has 32 heavy (non-hydrogen) atoms. The van der Waals surface area contributed by atoms with Crippen molar-refractivity contribution in [2.24, 2.45) is 5.92 Å². The number of H-pyrrole nitrogens is 1. The molecule has 3 aromatic rings. The van der Waals surface area contributed by atoms with Crippen molar-refractivity contribution in [1.29, 1.82) is 0 Å². The molecule has 0 saturated carbocycles. The lowest BCUT2D eigenvalue weighted by Crippen LogP contribution is -2.44. The van der Waals surface area contributed by atoms with Gasteiger partial charge in [0.05, 0.1) is 4.92 Å². The fourth-order valence-corrected chi connectivity index (χ4v) is 3.97. The van der Waals surface area contributed by atoms with E-state index in [1.54, 1.807) is 29.2 Å². The summed E-state index contributed by atoms with van der Waals surface area (Å²) in [7, 11) is 0. The van der Waals surface area contributed by atoms with Gasteiger partial charge in [-0.05, 0) is 43.0 Å². The van der Waals surface area contributed by atoms with E-state index in [2.05, 4.69) is 15.6 Å². The molecule has 1 unspecified atom stereocenters. The molecule has 1 aliphatic heterocycles. The molecular formula is C22H22FN5O4. The van der Waals surface area contributed by atoms with E-state index >= 15 is 0 Å². The second kappa shape index (κ2) is 9.04. The largest absolute Gasteiger partial charge is 0.345 e. The highest BCUT2D eigenvalue weighted by atomic mass is 19.1. The SMILES string of the molecule is O=C(NCC1CCCN(C(=O)c2cc3cccc([N+](=O)[O-])c3[nH]2)C1)Nc1cccc(F)c1. The van der Waals surface area contributed by atoms with E-state index in [4.69, 9.17) is 0 Å². The van der Waals surface area contributed by atoms with E-state index in [9.17, 15) is 24.1 Å². The number of benzene rings is 2. The number of fused-ring (bicyclic) bond motifs is 1. The van der Waals surface area contributed by atoms with Crippen LogP contribution in [0.3, 0.4) is 0 Å². The summed E-state index contributed by atoms with van der Waals surface area (Å²) >= 11 is 0. The molecule has 0 radical (unpaired) electrons. The zero-order chi connectivity index (χ0) is 22.7. The monoisotopic (exact) mass is 439 g/mol. The number of nitrogens with one attached hydrogen (secondary N) is 3. The van der Waals surface area contributed by atoms with Gasteiger partial charge in [-0.3, -0.25) is 14.9 Å². The molecule has 10 heteroatoms. The van der Waals surface area contributed by atoms with Crippen molar-refractivity contribution < 1.29 is 18.9 Å². The molecular weight excluding hydrogens is 417 g/mol. The lowest BCUT2D eigenvalue weighted by Gasteiger charge is -2.32. The Bertz CT molecular complexity index is 1180. The number of carbonyl (C=O) groups excluding carboxylic acids is 2. The van der Waals surface area contributed by atoms with Crippen LogP contribution in [0.15, 0.2) is 48.5 Å². The van der Waals surface area contributed by atoms with Gasteiger partial charge in [-0.15, -0.1) is 0 Å². The maximum absolute atomic E-state index is 13.2. The smallest absolute Gasteiger partial charge is 0.319 e. The van der Waals surface area contributed by atoms with Gasteiger partial charge < -0.3 is 20.5 Å². The summed E-state index contributed by atoms with van der Waals surface area (Å²) in [5.41, 5.74) is 0.902. The lowest BCUT2D eigenvalue weighted by atomic mass is 9.98. The van der Waals surface area contributed by atoms with Crippen molar-refractivity contribution in [3.63, 3.8) is 0 Å². The van der Waals surface area contributed by atoms with Crippen molar-refractivity contribution in [1.82, 2.24) is 15.2 Å². The zero-order valence-corrected chi connectivity index (χ0v) is 17.1. The van der Waals surface area contributed by atoms with Crippen molar-refractivity contribution in [2.45, 2.75) is 12.8 Å². The van der Waals surface area contributed by atoms with E-state index < -0.39 is 16.8 Å². The second-order valence-electron chi connectivity index (χ2n) is 7.79. The molecule has 0 bridgehead atoms. The van der Waals surface area contributed by atoms with Gasteiger partial charge in [-0.2, -0.15) is 0 Å². The Balaban J connectivity index is 1.37. The highest BCUT2D eigenvalue weighted by Crippen LogP contribution is 2.27. The molecule has 1 saturated heterocycles. The predicted molar refractivity (Wildman–Crippen MR) is 117 cm³/mol. The first-order chi connectivity index (χ1) is 15.4. The number of halogens is 1. The predicted octanol–water partition coefficient (Wildman–Crippen LogP) is 3.89. The maximum Gasteiger partial charge on any atom is 0.319 e. The van der Waals surface area contributed by atoms with Gasteiger partial charge in [-0.1, -0.05) is 18.2 Å². The quantitative estimate of drug-likeness (QED) is 0.413. The van der Waals surface area contributed by atoms with Gasteiger partial charge in [0.25, 0.3) is 11.6 Å². The van der Waals surface area contributed by atoms with Crippen molar-refractivity contribution in [2.75, 3.05) is 25.0 Å². The fraction of sp³-hybridized carbons (Fsp3) is 0.273. The minimum absolute atomic E-state index is 0.0599. The number of nitro benzene ring substituents is 1. The zero-order valence-electron chi connectivity index (χ0n) is 17.1. The fourth-order valence-electron chi connectivity index (χ4n) is 3.97. The number of nitro groups is 1. The average Bonchev–Trinajstić information content (AvgIpc) is 3.21. The first kappa shape index (κ1) is 21.3. The number of para-hydroxylation sites is 1. The highest BCUT2D eigenvalue weighted by molar-refractivity contribution is 6.00. The number of carbonyl (C=O) groups is 2. The normalized spacial score (nSPS) is 16.0. The molecule has 166 valence electrons. The number of piperidine rings is 1. The summed E-state index contributed by atoms with van der Waals surface area (Å²) < 4.78 is 13.2. The Labute approximate surface area is 182 Å². The van der Waals surface area contributed by atoms with Crippen LogP contribution in [0.4, 0.5) is 20.6 Å². The van der Waals surface area contributed by atoms with E-state index in [0.717, 1.165) is 12.8 Å². The third kappa shape index (κ3) is 4.69. The van der Waals surface area contributed by atoms with Crippen LogP contribution in [-0.4, -0.2) is 46.4 Å². The number of amides is 3. The highest BCUT2D eigenvalue weighted by Gasteiger charge is 2.26. The van der Waals surface area contributed by atoms with Crippen molar-refractivity contribution in [3.8, 4) is 0 Å². The number of rotatable bonds is 5. The van der Waals surface area contributed by atoms with Crippen molar-refractivity contribution in [3.05, 3.63) is 70.2 Å². The van der Waals surface area contributed by atoms with Crippen LogP contribution in [0.25, 0.3) is 10.9 Å². The molecule has 1 aromatic heterocycles. The first-order valence-electron chi connectivity index (χ1n) is 10.3.